The van der Waals surface area contributed by atoms with Crippen molar-refractivity contribution in [3.05, 3.63) is 29.3 Å². The first kappa shape index (κ1) is 13.4. The van der Waals surface area contributed by atoms with Crippen molar-refractivity contribution in [2.24, 2.45) is 0 Å². The van der Waals surface area contributed by atoms with E-state index in [0.29, 0.717) is 0 Å². The van der Waals surface area contributed by atoms with Gasteiger partial charge in [0.1, 0.15) is 11.4 Å². The van der Waals surface area contributed by atoms with Crippen LogP contribution in [0.2, 0.25) is 0 Å². The highest BCUT2D eigenvalue weighted by Gasteiger charge is 2.38. The fraction of sp³-hybridized carbons (Fsp3) is 0.600. The smallest absolute Gasteiger partial charge is 0.121 e. The maximum absolute atomic E-state index is 6.27. The predicted molar refractivity (Wildman–Crippen MR) is 73.1 cm³/mol. The van der Waals surface area contributed by atoms with E-state index in [9.17, 15) is 0 Å². The highest BCUT2D eigenvalue weighted by Crippen LogP contribution is 2.34. The molecule has 2 rings (SSSR count). The Morgan fingerprint density at radius 1 is 1.22 bits per heavy atom. The van der Waals surface area contributed by atoms with Crippen molar-refractivity contribution in [1.82, 2.24) is 5.32 Å². The van der Waals surface area contributed by atoms with Gasteiger partial charge in [0.25, 0.3) is 0 Å². The maximum atomic E-state index is 6.27. The normalized spacial score (nSPS) is 26.9. The van der Waals surface area contributed by atoms with Crippen molar-refractivity contribution >= 4 is 0 Å². The van der Waals surface area contributed by atoms with Gasteiger partial charge in [0, 0.05) is 13.1 Å². The average molecular weight is 249 g/mol. The summed E-state index contributed by atoms with van der Waals surface area (Å²) in [5.41, 5.74) is 1.92. The zero-order chi connectivity index (χ0) is 13.4. The summed E-state index contributed by atoms with van der Waals surface area (Å²) in [6.07, 6.45) is 0. The Kier molecular flexibility index (Phi) is 3.39. The number of ether oxygens (including phenoxy) is 2. The van der Waals surface area contributed by atoms with E-state index in [0.717, 1.165) is 24.4 Å². The van der Waals surface area contributed by atoms with Gasteiger partial charge in [0.2, 0.25) is 0 Å². The lowest BCUT2D eigenvalue weighted by molar-refractivity contribution is -0.157. The molecule has 3 heteroatoms. The largest absolute Gasteiger partial charge is 0.496 e. The maximum Gasteiger partial charge on any atom is 0.121 e. The number of rotatable bonds is 2. The molecule has 1 aliphatic rings. The first-order valence-corrected chi connectivity index (χ1v) is 6.42. The lowest BCUT2D eigenvalue weighted by Crippen LogP contribution is -2.55. The molecule has 1 N–H and O–H groups in total. The van der Waals surface area contributed by atoms with Gasteiger partial charge < -0.3 is 14.8 Å². The van der Waals surface area contributed by atoms with Crippen LogP contribution in [0, 0.1) is 6.92 Å². The quantitative estimate of drug-likeness (QED) is 0.874. The highest BCUT2D eigenvalue weighted by atomic mass is 16.5. The number of morpholine rings is 1. The average Bonchev–Trinajstić information content (AvgIpc) is 2.27. The van der Waals surface area contributed by atoms with E-state index < -0.39 is 0 Å². The number of methoxy groups -OCH3 is 1. The Balaban J connectivity index is 2.32. The number of hydrogen-bond donors (Lipinski definition) is 1. The van der Waals surface area contributed by atoms with E-state index >= 15 is 0 Å². The highest BCUT2D eigenvalue weighted by molar-refractivity contribution is 5.38. The van der Waals surface area contributed by atoms with Crippen LogP contribution in [-0.2, 0) is 10.3 Å². The summed E-state index contributed by atoms with van der Waals surface area (Å²) in [7, 11) is 1.70. The summed E-state index contributed by atoms with van der Waals surface area (Å²) in [5, 5.41) is 3.46. The molecule has 1 aliphatic heterocycles. The van der Waals surface area contributed by atoms with Crippen LogP contribution in [0.25, 0.3) is 0 Å². The summed E-state index contributed by atoms with van der Waals surface area (Å²) in [6.45, 7) is 10.2. The number of hydrogen-bond acceptors (Lipinski definition) is 3. The van der Waals surface area contributed by atoms with Crippen LogP contribution in [0.3, 0.4) is 0 Å². The second-order valence-corrected chi connectivity index (χ2v) is 5.88. The molecule has 1 aromatic carbocycles. The summed E-state index contributed by atoms with van der Waals surface area (Å²) in [6, 6.07) is 6.26. The molecule has 1 atom stereocenters. The number of benzene rings is 1. The van der Waals surface area contributed by atoms with E-state index in [1.807, 2.05) is 6.07 Å². The molecule has 0 bridgehead atoms. The summed E-state index contributed by atoms with van der Waals surface area (Å²) >= 11 is 0. The van der Waals surface area contributed by atoms with E-state index in [1.165, 1.54) is 5.56 Å². The van der Waals surface area contributed by atoms with Gasteiger partial charge in [0.15, 0.2) is 0 Å². The molecule has 1 saturated heterocycles. The van der Waals surface area contributed by atoms with Crippen LogP contribution in [-0.4, -0.2) is 25.8 Å². The van der Waals surface area contributed by atoms with Crippen molar-refractivity contribution in [2.45, 2.75) is 38.9 Å². The zero-order valence-electron chi connectivity index (χ0n) is 12.0. The van der Waals surface area contributed by atoms with Gasteiger partial charge in [-0.15, -0.1) is 0 Å². The molecule has 0 spiro atoms. The van der Waals surface area contributed by atoms with Gasteiger partial charge in [-0.05, 0) is 51.0 Å². The Morgan fingerprint density at radius 2 is 1.94 bits per heavy atom. The second-order valence-electron chi connectivity index (χ2n) is 5.88. The number of nitrogens with one attached hydrogen (secondary N) is 1. The fourth-order valence-corrected chi connectivity index (χ4v) is 2.65. The number of aryl methyl sites for hydroxylation is 1. The molecule has 0 amide bonds. The van der Waals surface area contributed by atoms with Crippen molar-refractivity contribution < 1.29 is 9.47 Å². The van der Waals surface area contributed by atoms with E-state index in [-0.39, 0.29) is 11.2 Å². The van der Waals surface area contributed by atoms with Gasteiger partial charge in [-0.25, -0.2) is 0 Å². The predicted octanol–water partition coefficient (Wildman–Crippen LogP) is 2.62. The van der Waals surface area contributed by atoms with Gasteiger partial charge in [0.05, 0.1) is 12.7 Å². The molecule has 0 saturated carbocycles. The molecule has 1 unspecified atom stereocenters. The molecule has 3 nitrogen and oxygen atoms in total. The molecule has 0 radical (unpaired) electrons. The van der Waals surface area contributed by atoms with Crippen LogP contribution in [0.5, 0.6) is 5.75 Å². The zero-order valence-corrected chi connectivity index (χ0v) is 12.0. The van der Waals surface area contributed by atoms with Gasteiger partial charge in [-0.2, -0.15) is 0 Å². The third-order valence-corrected chi connectivity index (χ3v) is 3.52. The molecule has 1 fully saturated rings. The Bertz CT molecular complexity index is 442. The van der Waals surface area contributed by atoms with E-state index in [1.54, 1.807) is 7.11 Å². The van der Waals surface area contributed by atoms with Gasteiger partial charge in [-0.1, -0.05) is 6.07 Å². The molecular formula is C15H23NO2. The van der Waals surface area contributed by atoms with E-state index in [4.69, 9.17) is 9.47 Å². The summed E-state index contributed by atoms with van der Waals surface area (Å²) in [5.74, 6) is 0.922. The minimum absolute atomic E-state index is 0.138. The monoisotopic (exact) mass is 249 g/mol. The Morgan fingerprint density at radius 3 is 2.50 bits per heavy atom. The van der Waals surface area contributed by atoms with Crippen LogP contribution in [0.1, 0.15) is 31.9 Å². The lowest BCUT2D eigenvalue weighted by Gasteiger charge is -2.44. The molecule has 1 heterocycles. The Hall–Kier alpha value is -1.06. The van der Waals surface area contributed by atoms with Crippen LogP contribution >= 0.6 is 0 Å². The van der Waals surface area contributed by atoms with Crippen LogP contribution in [0.4, 0.5) is 0 Å². The first-order valence-electron chi connectivity index (χ1n) is 6.42. The molecule has 1 aromatic rings. The fourth-order valence-electron chi connectivity index (χ4n) is 2.65. The Labute approximate surface area is 109 Å². The van der Waals surface area contributed by atoms with Crippen molar-refractivity contribution in [3.8, 4) is 5.75 Å². The summed E-state index contributed by atoms with van der Waals surface area (Å²) < 4.78 is 11.6. The minimum Gasteiger partial charge on any atom is -0.496 e. The standard InChI is InChI=1S/C15H23NO2/c1-11-8-12(6-7-13(11)17-5)15(4)10-16-9-14(2,3)18-15/h6-8,16H,9-10H2,1-5H3. The molecular weight excluding hydrogens is 226 g/mol. The van der Waals surface area contributed by atoms with Crippen molar-refractivity contribution in [3.63, 3.8) is 0 Å². The SMILES string of the molecule is COc1ccc(C2(C)CNCC(C)(C)O2)cc1C. The topological polar surface area (TPSA) is 30.5 Å². The van der Waals surface area contributed by atoms with Crippen LogP contribution in [0.15, 0.2) is 18.2 Å². The minimum atomic E-state index is -0.279. The van der Waals surface area contributed by atoms with Crippen molar-refractivity contribution in [1.29, 1.82) is 0 Å². The van der Waals surface area contributed by atoms with Crippen LogP contribution < -0.4 is 10.1 Å². The summed E-state index contributed by atoms with van der Waals surface area (Å²) in [4.78, 5) is 0. The molecule has 0 aromatic heterocycles. The molecule has 18 heavy (non-hydrogen) atoms. The lowest BCUT2D eigenvalue weighted by atomic mass is 9.90. The van der Waals surface area contributed by atoms with Gasteiger partial charge >= 0.3 is 0 Å². The van der Waals surface area contributed by atoms with Gasteiger partial charge in [-0.3, -0.25) is 0 Å². The molecule has 100 valence electrons. The second kappa shape index (κ2) is 4.56. The molecule has 0 aliphatic carbocycles. The van der Waals surface area contributed by atoms with E-state index in [2.05, 4.69) is 45.1 Å². The first-order chi connectivity index (χ1) is 8.36. The third kappa shape index (κ3) is 2.52. The third-order valence-electron chi connectivity index (χ3n) is 3.52. The van der Waals surface area contributed by atoms with Crippen molar-refractivity contribution in [2.75, 3.05) is 20.2 Å².